The first kappa shape index (κ1) is 16.0. The summed E-state index contributed by atoms with van der Waals surface area (Å²) in [4.78, 5) is 15.4. The smallest absolute Gasteiger partial charge is 0.252 e. The van der Waals surface area contributed by atoms with Crippen molar-refractivity contribution in [2.24, 2.45) is 0 Å². The Morgan fingerprint density at radius 3 is 3.24 bits per heavy atom. The zero-order valence-corrected chi connectivity index (χ0v) is 13.2. The second-order valence-electron chi connectivity index (χ2n) is 5.11. The van der Waals surface area contributed by atoms with Crippen molar-refractivity contribution in [3.05, 3.63) is 21.9 Å². The van der Waals surface area contributed by atoms with E-state index in [1.807, 2.05) is 11.4 Å². The number of carbonyl (C=O) groups excluding carboxylic acids is 1. The Balaban J connectivity index is 1.85. The highest BCUT2D eigenvalue weighted by atomic mass is 32.1. The Hall–Kier alpha value is -1.35. The zero-order chi connectivity index (χ0) is 15.1. The minimum absolute atomic E-state index is 0.0237. The molecule has 21 heavy (non-hydrogen) atoms. The number of hydrogen-bond acceptors (Lipinski definition) is 4. The van der Waals surface area contributed by atoms with Crippen LogP contribution in [0.5, 0.6) is 0 Å². The van der Waals surface area contributed by atoms with Crippen LogP contribution in [0.4, 0.5) is 0 Å². The van der Waals surface area contributed by atoms with Crippen molar-refractivity contribution >= 4 is 17.2 Å². The molecule has 0 saturated carbocycles. The molecule has 0 aromatic carbocycles. The number of nitrogens with zero attached hydrogens (tertiary/aromatic N) is 1. The molecule has 0 spiro atoms. The normalized spacial score (nSPS) is 18.3. The second kappa shape index (κ2) is 8.18. The van der Waals surface area contributed by atoms with Gasteiger partial charge in [0.2, 0.25) is 0 Å². The molecule has 0 radical (unpaired) electrons. The van der Waals surface area contributed by atoms with Crippen molar-refractivity contribution in [1.29, 1.82) is 0 Å². The van der Waals surface area contributed by atoms with Crippen LogP contribution in [0.15, 0.2) is 11.4 Å². The Morgan fingerprint density at radius 1 is 1.62 bits per heavy atom. The van der Waals surface area contributed by atoms with Crippen LogP contribution >= 0.6 is 11.3 Å². The summed E-state index contributed by atoms with van der Waals surface area (Å²) in [5, 5.41) is 13.5. The van der Waals surface area contributed by atoms with Crippen molar-refractivity contribution < 1.29 is 9.90 Å². The van der Waals surface area contributed by atoms with Crippen LogP contribution in [0, 0.1) is 11.8 Å². The number of carbonyl (C=O) groups is 1. The van der Waals surface area contributed by atoms with Crippen molar-refractivity contribution in [3.8, 4) is 11.8 Å². The average molecular weight is 306 g/mol. The van der Waals surface area contributed by atoms with E-state index in [9.17, 15) is 4.79 Å². The summed E-state index contributed by atoms with van der Waals surface area (Å²) < 4.78 is 0. The van der Waals surface area contributed by atoms with Crippen LogP contribution in [0.1, 0.15) is 41.4 Å². The lowest BCUT2D eigenvalue weighted by Gasteiger charge is -2.22. The minimum atomic E-state index is -0.0237. The van der Waals surface area contributed by atoms with Gasteiger partial charge in [0.05, 0.1) is 17.0 Å². The van der Waals surface area contributed by atoms with Gasteiger partial charge < -0.3 is 10.4 Å². The van der Waals surface area contributed by atoms with Gasteiger partial charge in [0.25, 0.3) is 5.91 Å². The number of aliphatic hydroxyl groups excluding tert-OH is 1. The molecule has 0 bridgehead atoms. The molecule has 1 fully saturated rings. The number of amides is 1. The lowest BCUT2D eigenvalue weighted by atomic mass is 10.2. The molecule has 2 rings (SSSR count). The highest BCUT2D eigenvalue weighted by Crippen LogP contribution is 2.17. The summed E-state index contributed by atoms with van der Waals surface area (Å²) >= 11 is 1.46. The molecular weight excluding hydrogens is 284 g/mol. The van der Waals surface area contributed by atoms with Gasteiger partial charge in [0.15, 0.2) is 0 Å². The lowest BCUT2D eigenvalue weighted by molar-refractivity contribution is 0.0942. The molecule has 1 aliphatic heterocycles. The van der Waals surface area contributed by atoms with Gasteiger partial charge in [-0.05, 0) is 32.0 Å². The largest absolute Gasteiger partial charge is 0.395 e. The molecule has 1 aromatic rings. The Morgan fingerprint density at radius 2 is 2.48 bits per heavy atom. The summed E-state index contributed by atoms with van der Waals surface area (Å²) in [5.41, 5.74) is 0.675. The number of thiophene rings is 1. The van der Waals surface area contributed by atoms with Gasteiger partial charge in [-0.15, -0.1) is 11.3 Å². The van der Waals surface area contributed by atoms with Gasteiger partial charge in [-0.2, -0.15) is 0 Å². The van der Waals surface area contributed by atoms with E-state index < -0.39 is 0 Å². The van der Waals surface area contributed by atoms with Crippen molar-refractivity contribution in [3.63, 3.8) is 0 Å². The Kier molecular flexibility index (Phi) is 6.24. The fourth-order valence-electron chi connectivity index (χ4n) is 2.58. The molecule has 1 saturated heterocycles. The van der Waals surface area contributed by atoms with E-state index in [1.54, 1.807) is 0 Å². The van der Waals surface area contributed by atoms with Crippen LogP contribution in [-0.2, 0) is 0 Å². The molecule has 1 amide bonds. The van der Waals surface area contributed by atoms with Gasteiger partial charge in [-0.25, -0.2) is 0 Å². The molecular formula is C16H22N2O2S. The first-order valence-electron chi connectivity index (χ1n) is 7.45. The van der Waals surface area contributed by atoms with Gasteiger partial charge in [-0.1, -0.05) is 18.8 Å². The predicted molar refractivity (Wildman–Crippen MR) is 85.5 cm³/mol. The first-order valence-corrected chi connectivity index (χ1v) is 8.33. The van der Waals surface area contributed by atoms with E-state index in [0.717, 1.165) is 24.4 Å². The van der Waals surface area contributed by atoms with E-state index in [4.69, 9.17) is 5.11 Å². The number of aliphatic hydroxyl groups is 1. The Labute approximate surface area is 130 Å². The number of likely N-dealkylation sites (tertiary alicyclic amines) is 1. The molecule has 5 heteroatoms. The predicted octanol–water partition coefficient (Wildman–Crippen LogP) is 1.70. The maximum absolute atomic E-state index is 12.1. The fraction of sp³-hybridized carbons (Fsp3) is 0.562. The molecule has 1 atom stereocenters. The molecule has 0 aliphatic carbocycles. The summed E-state index contributed by atoms with van der Waals surface area (Å²) in [6, 6.07) is 2.29. The van der Waals surface area contributed by atoms with Gasteiger partial charge in [0.1, 0.15) is 0 Å². The highest BCUT2D eigenvalue weighted by molar-refractivity contribution is 7.10. The molecule has 2 N–H and O–H groups in total. The summed E-state index contributed by atoms with van der Waals surface area (Å²) in [5.74, 6) is 5.80. The molecule has 4 nitrogen and oxygen atoms in total. The van der Waals surface area contributed by atoms with Crippen LogP contribution in [0.2, 0.25) is 0 Å². The van der Waals surface area contributed by atoms with Crippen molar-refractivity contribution in [2.45, 2.75) is 32.2 Å². The van der Waals surface area contributed by atoms with Crippen LogP contribution in [0.25, 0.3) is 0 Å². The first-order chi connectivity index (χ1) is 10.2. The zero-order valence-electron chi connectivity index (χ0n) is 12.4. The monoisotopic (exact) mass is 306 g/mol. The second-order valence-corrected chi connectivity index (χ2v) is 6.02. The molecule has 114 valence electrons. The van der Waals surface area contributed by atoms with E-state index in [-0.39, 0.29) is 12.5 Å². The van der Waals surface area contributed by atoms with Gasteiger partial charge in [-0.3, -0.25) is 9.69 Å². The SMILES string of the molecule is CCN1CCCC1CNC(=O)c1csc(C#CCCO)c1. The summed E-state index contributed by atoms with van der Waals surface area (Å²) in [6.07, 6.45) is 2.85. The van der Waals surface area contributed by atoms with Crippen molar-refractivity contribution in [2.75, 3.05) is 26.2 Å². The van der Waals surface area contributed by atoms with Gasteiger partial charge in [0, 0.05) is 24.4 Å². The molecule has 1 unspecified atom stereocenters. The van der Waals surface area contributed by atoms with Crippen LogP contribution in [-0.4, -0.2) is 48.2 Å². The number of rotatable bonds is 5. The molecule has 2 heterocycles. The number of hydrogen-bond donors (Lipinski definition) is 2. The lowest BCUT2D eigenvalue weighted by Crippen LogP contribution is -2.39. The van der Waals surface area contributed by atoms with E-state index >= 15 is 0 Å². The Bertz CT molecular complexity index is 530. The molecule has 1 aromatic heterocycles. The maximum Gasteiger partial charge on any atom is 0.252 e. The highest BCUT2D eigenvalue weighted by Gasteiger charge is 2.23. The van der Waals surface area contributed by atoms with Crippen molar-refractivity contribution in [1.82, 2.24) is 10.2 Å². The third-order valence-corrected chi connectivity index (χ3v) is 4.56. The minimum Gasteiger partial charge on any atom is -0.395 e. The third kappa shape index (κ3) is 4.57. The summed E-state index contributed by atoms with van der Waals surface area (Å²) in [7, 11) is 0. The van der Waals surface area contributed by atoms with E-state index in [2.05, 4.69) is 29.0 Å². The van der Waals surface area contributed by atoms with E-state index in [1.165, 1.54) is 17.8 Å². The van der Waals surface area contributed by atoms with Crippen LogP contribution in [0.3, 0.4) is 0 Å². The number of nitrogens with one attached hydrogen (secondary N) is 1. The summed E-state index contributed by atoms with van der Waals surface area (Å²) in [6.45, 7) is 5.13. The van der Waals surface area contributed by atoms with E-state index in [0.29, 0.717) is 24.6 Å². The van der Waals surface area contributed by atoms with Crippen LogP contribution < -0.4 is 5.32 Å². The standard InChI is InChI=1S/C16H22N2O2S/c1-2-18-8-5-6-14(18)11-17-16(20)13-10-15(21-12-13)7-3-4-9-19/h10,12,14,19H,2,4-6,8-9,11H2,1H3,(H,17,20). The topological polar surface area (TPSA) is 52.6 Å². The number of likely N-dealkylation sites (N-methyl/N-ethyl adjacent to an activating group) is 1. The quantitative estimate of drug-likeness (QED) is 0.814. The maximum atomic E-state index is 12.1. The fourth-order valence-corrected chi connectivity index (χ4v) is 3.34. The third-order valence-electron chi connectivity index (χ3n) is 3.71. The van der Waals surface area contributed by atoms with Gasteiger partial charge >= 0.3 is 0 Å². The molecule has 1 aliphatic rings. The average Bonchev–Trinajstić information content (AvgIpc) is 3.13.